The molecular weight excluding hydrogens is 503 g/mol. The van der Waals surface area contributed by atoms with Crippen LogP contribution >= 0.6 is 37.2 Å². The fourth-order valence-corrected chi connectivity index (χ4v) is 5.04. The zero-order valence-corrected chi connectivity index (χ0v) is 23.0. The largest absolute Gasteiger partial charge is 0.381 e. The van der Waals surface area contributed by atoms with Gasteiger partial charge >= 0.3 is 0 Å². The number of aromatic nitrogens is 1. The van der Waals surface area contributed by atoms with Crippen LogP contribution < -0.4 is 9.80 Å². The van der Waals surface area contributed by atoms with Crippen molar-refractivity contribution >= 4 is 59.5 Å². The van der Waals surface area contributed by atoms with Crippen LogP contribution in [0.2, 0.25) is 0 Å². The summed E-state index contributed by atoms with van der Waals surface area (Å²) in [6, 6.07) is 19.9. The maximum Gasteiger partial charge on any atom is 0.137 e. The van der Waals surface area contributed by atoms with E-state index in [0.717, 1.165) is 70.2 Å². The molecular formula is C27H37Cl3N4O. The van der Waals surface area contributed by atoms with Crippen molar-refractivity contribution in [3.8, 4) is 11.3 Å². The van der Waals surface area contributed by atoms with Crippen LogP contribution in [0.1, 0.15) is 19.8 Å². The summed E-state index contributed by atoms with van der Waals surface area (Å²) in [5.41, 5.74) is 3.53. The van der Waals surface area contributed by atoms with Crippen LogP contribution in [0.25, 0.3) is 22.0 Å². The molecule has 0 radical (unpaired) electrons. The topological polar surface area (TPSA) is 31.8 Å². The Morgan fingerprint density at radius 1 is 0.829 bits per heavy atom. The van der Waals surface area contributed by atoms with Gasteiger partial charge < -0.3 is 19.4 Å². The molecule has 8 heteroatoms. The van der Waals surface area contributed by atoms with Gasteiger partial charge in [0.2, 0.25) is 0 Å². The molecule has 35 heavy (non-hydrogen) atoms. The van der Waals surface area contributed by atoms with Crippen molar-refractivity contribution in [2.75, 3.05) is 62.7 Å². The van der Waals surface area contributed by atoms with Crippen LogP contribution in [-0.2, 0) is 4.74 Å². The summed E-state index contributed by atoms with van der Waals surface area (Å²) >= 11 is 0. The van der Waals surface area contributed by atoms with E-state index in [4.69, 9.17) is 9.72 Å². The number of methoxy groups -OCH3 is 1. The number of hydrogen-bond acceptors (Lipinski definition) is 5. The number of benzene rings is 2. The third-order valence-corrected chi connectivity index (χ3v) is 7.14. The number of pyridine rings is 1. The smallest absolute Gasteiger partial charge is 0.137 e. The van der Waals surface area contributed by atoms with Crippen LogP contribution in [0, 0.1) is 0 Å². The second-order valence-electron chi connectivity index (χ2n) is 8.94. The minimum absolute atomic E-state index is 0. The zero-order chi connectivity index (χ0) is 21.9. The Kier molecular flexibility index (Phi) is 11.4. The first-order chi connectivity index (χ1) is 15.7. The van der Waals surface area contributed by atoms with Gasteiger partial charge in [0.15, 0.2) is 0 Å². The van der Waals surface area contributed by atoms with E-state index >= 15 is 0 Å². The Morgan fingerprint density at radius 2 is 1.49 bits per heavy atom. The highest BCUT2D eigenvalue weighted by Crippen LogP contribution is 2.32. The van der Waals surface area contributed by atoms with Crippen molar-refractivity contribution in [3.05, 3.63) is 54.6 Å². The van der Waals surface area contributed by atoms with E-state index < -0.39 is 0 Å². The SMILES string of the molecule is CCN1CCN(c2nc(-c3ccc(N4CCC(OC)CC4)cc3)cc3ccccc23)CC1.Cl.Cl.Cl. The molecule has 5 rings (SSSR count). The van der Waals surface area contributed by atoms with E-state index in [9.17, 15) is 0 Å². The lowest BCUT2D eigenvalue weighted by Gasteiger charge is -2.35. The maximum atomic E-state index is 5.52. The van der Waals surface area contributed by atoms with E-state index in [0.29, 0.717) is 6.10 Å². The van der Waals surface area contributed by atoms with E-state index in [1.807, 2.05) is 7.11 Å². The van der Waals surface area contributed by atoms with E-state index in [2.05, 4.69) is 76.2 Å². The highest BCUT2D eigenvalue weighted by atomic mass is 35.5. The number of anilines is 2. The monoisotopic (exact) mass is 538 g/mol. The summed E-state index contributed by atoms with van der Waals surface area (Å²) in [6.45, 7) is 9.75. The molecule has 192 valence electrons. The number of ether oxygens (including phenoxy) is 1. The number of hydrogen-bond donors (Lipinski definition) is 0. The number of likely N-dealkylation sites (N-methyl/N-ethyl adjacent to an activating group) is 1. The lowest BCUT2D eigenvalue weighted by Crippen LogP contribution is -2.46. The Bertz CT molecular complexity index is 1050. The summed E-state index contributed by atoms with van der Waals surface area (Å²) in [5, 5.41) is 2.51. The van der Waals surface area contributed by atoms with Gasteiger partial charge in [-0.3, -0.25) is 0 Å². The average molecular weight is 540 g/mol. The number of fused-ring (bicyclic) bond motifs is 1. The zero-order valence-electron chi connectivity index (χ0n) is 20.6. The minimum atomic E-state index is 0. The Balaban J connectivity index is 0.00000144. The predicted molar refractivity (Wildman–Crippen MR) is 155 cm³/mol. The molecule has 2 aliphatic rings. The molecule has 2 saturated heterocycles. The lowest BCUT2D eigenvalue weighted by atomic mass is 10.0. The molecule has 0 N–H and O–H groups in total. The molecule has 2 aromatic carbocycles. The second-order valence-corrected chi connectivity index (χ2v) is 8.94. The number of piperazine rings is 1. The summed E-state index contributed by atoms with van der Waals surface area (Å²) in [4.78, 5) is 12.6. The third-order valence-electron chi connectivity index (χ3n) is 7.14. The van der Waals surface area contributed by atoms with E-state index in [-0.39, 0.29) is 37.2 Å². The van der Waals surface area contributed by atoms with Crippen LogP contribution in [0.15, 0.2) is 54.6 Å². The van der Waals surface area contributed by atoms with Crippen LogP contribution in [-0.4, -0.2) is 68.9 Å². The van der Waals surface area contributed by atoms with Gasteiger partial charge in [0, 0.05) is 63.0 Å². The maximum absolute atomic E-state index is 5.52. The van der Waals surface area contributed by atoms with Crippen molar-refractivity contribution in [2.24, 2.45) is 0 Å². The van der Waals surface area contributed by atoms with Crippen molar-refractivity contribution in [3.63, 3.8) is 0 Å². The molecule has 3 aromatic rings. The summed E-state index contributed by atoms with van der Waals surface area (Å²) in [6.07, 6.45) is 2.60. The minimum Gasteiger partial charge on any atom is -0.381 e. The lowest BCUT2D eigenvalue weighted by molar-refractivity contribution is 0.0819. The molecule has 0 saturated carbocycles. The van der Waals surface area contributed by atoms with Gasteiger partial charge in [-0.25, -0.2) is 4.98 Å². The molecule has 2 aliphatic heterocycles. The summed E-state index contributed by atoms with van der Waals surface area (Å²) in [5.74, 6) is 1.12. The van der Waals surface area contributed by atoms with Gasteiger partial charge in [0.25, 0.3) is 0 Å². The molecule has 5 nitrogen and oxygen atoms in total. The van der Waals surface area contributed by atoms with Crippen molar-refractivity contribution < 1.29 is 4.74 Å². The van der Waals surface area contributed by atoms with Gasteiger partial charge in [0.1, 0.15) is 5.82 Å². The van der Waals surface area contributed by atoms with Gasteiger partial charge in [-0.1, -0.05) is 43.3 Å². The first-order valence-corrected chi connectivity index (χ1v) is 12.0. The molecule has 2 fully saturated rings. The highest BCUT2D eigenvalue weighted by molar-refractivity contribution is 5.95. The Labute approximate surface area is 228 Å². The number of rotatable bonds is 5. The molecule has 1 aromatic heterocycles. The molecule has 0 aliphatic carbocycles. The van der Waals surface area contributed by atoms with Gasteiger partial charge in [-0.05, 0) is 43.0 Å². The third kappa shape index (κ3) is 6.52. The van der Waals surface area contributed by atoms with Crippen LogP contribution in [0.3, 0.4) is 0 Å². The molecule has 0 spiro atoms. The molecule has 0 unspecified atom stereocenters. The molecule has 3 heterocycles. The number of piperidine rings is 1. The summed E-state index contributed by atoms with van der Waals surface area (Å²) in [7, 11) is 1.82. The van der Waals surface area contributed by atoms with Crippen LogP contribution in [0.4, 0.5) is 11.5 Å². The van der Waals surface area contributed by atoms with Crippen molar-refractivity contribution in [2.45, 2.75) is 25.9 Å². The normalized spacial score (nSPS) is 16.9. The first kappa shape index (κ1) is 29.5. The fraction of sp³-hybridized carbons (Fsp3) is 0.444. The van der Waals surface area contributed by atoms with E-state index in [1.54, 1.807) is 0 Å². The number of halogens is 3. The Morgan fingerprint density at radius 3 is 2.11 bits per heavy atom. The molecule has 0 amide bonds. The van der Waals surface area contributed by atoms with Crippen molar-refractivity contribution in [1.82, 2.24) is 9.88 Å². The number of nitrogens with zero attached hydrogens (tertiary/aromatic N) is 4. The molecule has 0 bridgehead atoms. The van der Waals surface area contributed by atoms with E-state index in [1.165, 1.54) is 22.0 Å². The highest BCUT2D eigenvalue weighted by Gasteiger charge is 2.21. The second kappa shape index (κ2) is 13.5. The standard InChI is InChI=1S/C27H34N4O.3ClH/c1-3-29-16-18-31(19-17-29)27-25-7-5-4-6-22(25)20-26(28-27)21-8-10-23(11-9-21)30-14-12-24(32-2)13-15-30;;;/h4-11,20,24H,3,12-19H2,1-2H3;3*1H. The van der Waals surface area contributed by atoms with Crippen molar-refractivity contribution in [1.29, 1.82) is 0 Å². The van der Waals surface area contributed by atoms with Gasteiger partial charge in [-0.15, -0.1) is 37.2 Å². The average Bonchev–Trinajstić information content (AvgIpc) is 2.88. The van der Waals surface area contributed by atoms with Gasteiger partial charge in [0.05, 0.1) is 11.8 Å². The fourth-order valence-electron chi connectivity index (χ4n) is 5.04. The Hall–Kier alpha value is -1.76. The van der Waals surface area contributed by atoms with Gasteiger partial charge in [-0.2, -0.15) is 0 Å². The summed E-state index contributed by atoms with van der Waals surface area (Å²) < 4.78 is 5.52. The van der Waals surface area contributed by atoms with Crippen LogP contribution in [0.5, 0.6) is 0 Å². The molecule has 0 atom stereocenters. The quantitative estimate of drug-likeness (QED) is 0.401. The first-order valence-electron chi connectivity index (χ1n) is 12.0. The predicted octanol–water partition coefficient (Wildman–Crippen LogP) is 5.92.